The SMILES string of the molecule is CCc1nn(CC)c(CC(NN)c2ccc(Cl)s2)c1Cl. The van der Waals surface area contributed by atoms with Gasteiger partial charge in [-0.15, -0.1) is 11.3 Å². The first kappa shape index (κ1) is 15.8. The lowest BCUT2D eigenvalue weighted by Gasteiger charge is -2.15. The minimum absolute atomic E-state index is 0.0169. The van der Waals surface area contributed by atoms with Crippen LogP contribution >= 0.6 is 34.5 Å². The molecule has 0 aliphatic carbocycles. The van der Waals surface area contributed by atoms with Crippen molar-refractivity contribution < 1.29 is 0 Å². The van der Waals surface area contributed by atoms with E-state index in [-0.39, 0.29) is 6.04 Å². The second kappa shape index (κ2) is 6.91. The number of nitrogens with one attached hydrogen (secondary N) is 1. The van der Waals surface area contributed by atoms with Crippen molar-refractivity contribution in [1.82, 2.24) is 15.2 Å². The molecule has 0 radical (unpaired) electrons. The monoisotopic (exact) mass is 332 g/mol. The molecule has 0 fully saturated rings. The maximum Gasteiger partial charge on any atom is 0.0931 e. The van der Waals surface area contributed by atoms with Gasteiger partial charge in [0.15, 0.2) is 0 Å². The standard InChI is InChI=1S/C13H18Cl2N4S/c1-3-8-13(15)10(19(4-2)18-8)7-9(17-16)11-5-6-12(14)20-11/h5-6,9,17H,3-4,7,16H2,1-2H3. The fourth-order valence-electron chi connectivity index (χ4n) is 2.16. The Labute approximate surface area is 132 Å². The van der Waals surface area contributed by atoms with Gasteiger partial charge in [0.25, 0.3) is 0 Å². The molecular weight excluding hydrogens is 315 g/mol. The topological polar surface area (TPSA) is 55.9 Å². The highest BCUT2D eigenvalue weighted by atomic mass is 35.5. The van der Waals surface area contributed by atoms with Gasteiger partial charge in [-0.2, -0.15) is 5.10 Å². The first-order valence-electron chi connectivity index (χ1n) is 6.56. The largest absolute Gasteiger partial charge is 0.271 e. The molecule has 2 rings (SSSR count). The third-order valence-corrected chi connectivity index (χ3v) is 5.01. The molecule has 1 atom stereocenters. The van der Waals surface area contributed by atoms with E-state index < -0.39 is 0 Å². The molecule has 2 heterocycles. The quantitative estimate of drug-likeness (QED) is 0.627. The van der Waals surface area contributed by atoms with Crippen molar-refractivity contribution in [1.29, 1.82) is 0 Å². The minimum atomic E-state index is -0.0169. The second-order valence-corrected chi connectivity index (χ2v) is 6.57. The Hall–Kier alpha value is -0.590. The highest BCUT2D eigenvalue weighted by Crippen LogP contribution is 2.31. The molecule has 110 valence electrons. The molecule has 0 saturated heterocycles. The summed E-state index contributed by atoms with van der Waals surface area (Å²) in [4.78, 5) is 1.09. The van der Waals surface area contributed by atoms with E-state index in [1.165, 1.54) is 11.3 Å². The molecule has 0 aliphatic rings. The smallest absolute Gasteiger partial charge is 0.0931 e. The van der Waals surface area contributed by atoms with E-state index in [1.54, 1.807) is 0 Å². The molecule has 1 unspecified atom stereocenters. The molecule has 2 aromatic heterocycles. The van der Waals surface area contributed by atoms with E-state index in [0.717, 1.165) is 38.6 Å². The van der Waals surface area contributed by atoms with E-state index in [9.17, 15) is 0 Å². The Kier molecular flexibility index (Phi) is 5.46. The Morgan fingerprint density at radius 2 is 2.15 bits per heavy atom. The molecular formula is C13H18Cl2N4S. The molecule has 0 aliphatic heterocycles. The maximum atomic E-state index is 6.43. The summed E-state index contributed by atoms with van der Waals surface area (Å²) in [7, 11) is 0. The van der Waals surface area contributed by atoms with E-state index >= 15 is 0 Å². The van der Waals surface area contributed by atoms with Gasteiger partial charge in [0.1, 0.15) is 0 Å². The van der Waals surface area contributed by atoms with Crippen LogP contribution in [0.1, 0.15) is 36.2 Å². The van der Waals surface area contributed by atoms with Crippen LogP contribution < -0.4 is 11.3 Å². The summed E-state index contributed by atoms with van der Waals surface area (Å²) >= 11 is 13.9. The van der Waals surface area contributed by atoms with Gasteiger partial charge in [0.2, 0.25) is 0 Å². The molecule has 0 bridgehead atoms. The number of halogens is 2. The van der Waals surface area contributed by atoms with E-state index in [1.807, 2.05) is 16.8 Å². The molecule has 0 saturated carbocycles. The second-order valence-electron chi connectivity index (χ2n) is 4.44. The lowest BCUT2D eigenvalue weighted by atomic mass is 10.1. The zero-order valence-corrected chi connectivity index (χ0v) is 13.8. The molecule has 0 aromatic carbocycles. The summed E-state index contributed by atoms with van der Waals surface area (Å²) in [5, 5.41) is 5.27. The summed E-state index contributed by atoms with van der Waals surface area (Å²) < 4.78 is 2.70. The van der Waals surface area contributed by atoms with Gasteiger partial charge in [0, 0.05) is 17.8 Å². The number of nitrogens with zero attached hydrogens (tertiary/aromatic N) is 2. The molecule has 3 N–H and O–H groups in total. The number of aryl methyl sites for hydroxylation is 2. The molecule has 0 amide bonds. The number of hydrazine groups is 1. The van der Waals surface area contributed by atoms with Crippen molar-refractivity contribution in [3.63, 3.8) is 0 Å². The van der Waals surface area contributed by atoms with Crippen LogP contribution in [0.2, 0.25) is 9.36 Å². The fourth-order valence-corrected chi connectivity index (χ4v) is 3.63. The van der Waals surface area contributed by atoms with Crippen LogP contribution in [0.3, 0.4) is 0 Å². The third-order valence-electron chi connectivity index (χ3n) is 3.23. The van der Waals surface area contributed by atoms with Crippen LogP contribution in [0.5, 0.6) is 0 Å². The van der Waals surface area contributed by atoms with Crippen molar-refractivity contribution in [3.8, 4) is 0 Å². The Balaban J connectivity index is 2.29. The van der Waals surface area contributed by atoms with Gasteiger partial charge in [-0.3, -0.25) is 16.0 Å². The van der Waals surface area contributed by atoms with Gasteiger partial charge in [0.05, 0.1) is 26.8 Å². The number of hydrogen-bond acceptors (Lipinski definition) is 4. The zero-order chi connectivity index (χ0) is 14.7. The number of hydrogen-bond donors (Lipinski definition) is 2. The summed E-state index contributed by atoms with van der Waals surface area (Å²) in [5.41, 5.74) is 4.78. The lowest BCUT2D eigenvalue weighted by molar-refractivity contribution is 0.522. The summed E-state index contributed by atoms with van der Waals surface area (Å²) in [6, 6.07) is 3.85. The molecule has 2 aromatic rings. The predicted octanol–water partition coefficient (Wildman–Crippen LogP) is 3.58. The van der Waals surface area contributed by atoms with Gasteiger partial charge < -0.3 is 0 Å². The molecule has 0 spiro atoms. The van der Waals surface area contributed by atoms with Crippen LogP contribution in [0.25, 0.3) is 0 Å². The van der Waals surface area contributed by atoms with Crippen LogP contribution in [-0.4, -0.2) is 9.78 Å². The van der Waals surface area contributed by atoms with Crippen molar-refractivity contribution in [2.45, 2.75) is 39.3 Å². The molecule has 4 nitrogen and oxygen atoms in total. The minimum Gasteiger partial charge on any atom is -0.271 e. The average Bonchev–Trinajstić information content (AvgIpc) is 3.00. The van der Waals surface area contributed by atoms with Crippen LogP contribution in [-0.2, 0) is 19.4 Å². The van der Waals surface area contributed by atoms with Gasteiger partial charge in [-0.25, -0.2) is 0 Å². The molecule has 20 heavy (non-hydrogen) atoms. The summed E-state index contributed by atoms with van der Waals surface area (Å²) in [5.74, 6) is 5.68. The fraction of sp³-hybridized carbons (Fsp3) is 0.462. The first-order chi connectivity index (χ1) is 9.60. The number of nitrogens with two attached hydrogens (primary N) is 1. The highest BCUT2D eigenvalue weighted by molar-refractivity contribution is 7.16. The first-order valence-corrected chi connectivity index (χ1v) is 8.13. The number of thiophene rings is 1. The van der Waals surface area contributed by atoms with E-state index in [2.05, 4.69) is 24.4 Å². The normalized spacial score (nSPS) is 12.8. The van der Waals surface area contributed by atoms with Crippen LogP contribution in [0.4, 0.5) is 0 Å². The van der Waals surface area contributed by atoms with Crippen molar-refractivity contribution in [2.75, 3.05) is 0 Å². The Morgan fingerprint density at radius 3 is 2.65 bits per heavy atom. The van der Waals surface area contributed by atoms with Crippen molar-refractivity contribution in [3.05, 3.63) is 37.8 Å². The number of rotatable bonds is 6. The Bertz CT molecular complexity index is 579. The van der Waals surface area contributed by atoms with Gasteiger partial charge in [-0.05, 0) is 25.5 Å². The molecule has 7 heteroatoms. The maximum absolute atomic E-state index is 6.43. The van der Waals surface area contributed by atoms with Crippen LogP contribution in [0, 0.1) is 0 Å². The highest BCUT2D eigenvalue weighted by Gasteiger charge is 2.20. The van der Waals surface area contributed by atoms with Gasteiger partial charge in [-0.1, -0.05) is 30.1 Å². The zero-order valence-electron chi connectivity index (χ0n) is 11.5. The lowest BCUT2D eigenvalue weighted by Crippen LogP contribution is -2.29. The number of aromatic nitrogens is 2. The van der Waals surface area contributed by atoms with E-state index in [0.29, 0.717) is 6.42 Å². The average molecular weight is 333 g/mol. The van der Waals surface area contributed by atoms with Crippen LogP contribution in [0.15, 0.2) is 12.1 Å². The Morgan fingerprint density at radius 1 is 1.40 bits per heavy atom. The predicted molar refractivity (Wildman–Crippen MR) is 85.4 cm³/mol. The third kappa shape index (κ3) is 3.18. The van der Waals surface area contributed by atoms with Gasteiger partial charge >= 0.3 is 0 Å². The van der Waals surface area contributed by atoms with Crippen molar-refractivity contribution in [2.24, 2.45) is 5.84 Å². The summed E-state index contributed by atoms with van der Waals surface area (Å²) in [6.07, 6.45) is 1.51. The van der Waals surface area contributed by atoms with Crippen molar-refractivity contribution >= 4 is 34.5 Å². The summed E-state index contributed by atoms with van der Waals surface area (Å²) in [6.45, 7) is 4.90. The van der Waals surface area contributed by atoms with E-state index in [4.69, 9.17) is 29.0 Å².